The Hall–Kier alpha value is -2.82. The molecule has 3 aromatic rings. The summed E-state index contributed by atoms with van der Waals surface area (Å²) in [6.45, 7) is 5.23. The SMILES string of the molecule is CCOc1ccc(CC(=O)NCCc2cn3cc(C)ccc3n2)cc1. The summed E-state index contributed by atoms with van der Waals surface area (Å²) < 4.78 is 7.42. The summed E-state index contributed by atoms with van der Waals surface area (Å²) in [7, 11) is 0. The van der Waals surface area contributed by atoms with Crippen LogP contribution in [0.2, 0.25) is 0 Å². The maximum Gasteiger partial charge on any atom is 0.224 e. The molecule has 0 radical (unpaired) electrons. The third-order valence-electron chi connectivity index (χ3n) is 3.95. The first-order valence-corrected chi connectivity index (χ1v) is 8.56. The highest BCUT2D eigenvalue weighted by Crippen LogP contribution is 2.12. The van der Waals surface area contributed by atoms with Gasteiger partial charge in [-0.15, -0.1) is 0 Å². The van der Waals surface area contributed by atoms with Crippen molar-refractivity contribution in [2.75, 3.05) is 13.2 Å². The van der Waals surface area contributed by atoms with E-state index in [-0.39, 0.29) is 5.91 Å². The van der Waals surface area contributed by atoms with Gasteiger partial charge in [-0.25, -0.2) is 4.98 Å². The zero-order chi connectivity index (χ0) is 17.6. The number of imidazole rings is 1. The largest absolute Gasteiger partial charge is 0.494 e. The number of nitrogens with one attached hydrogen (secondary N) is 1. The fraction of sp³-hybridized carbons (Fsp3) is 0.300. The number of hydrogen-bond donors (Lipinski definition) is 1. The number of nitrogens with zero attached hydrogens (tertiary/aromatic N) is 2. The average molecular weight is 337 g/mol. The Morgan fingerprint density at radius 3 is 2.72 bits per heavy atom. The maximum absolute atomic E-state index is 12.1. The van der Waals surface area contributed by atoms with E-state index in [4.69, 9.17) is 4.74 Å². The van der Waals surface area contributed by atoms with E-state index in [1.165, 1.54) is 5.56 Å². The van der Waals surface area contributed by atoms with E-state index in [9.17, 15) is 4.79 Å². The van der Waals surface area contributed by atoms with Crippen LogP contribution in [0.5, 0.6) is 5.75 Å². The third kappa shape index (κ3) is 4.59. The lowest BCUT2D eigenvalue weighted by Gasteiger charge is -2.06. The molecule has 1 N–H and O–H groups in total. The van der Waals surface area contributed by atoms with Crippen LogP contribution in [0.3, 0.4) is 0 Å². The number of amides is 1. The molecule has 0 unspecified atom stereocenters. The zero-order valence-corrected chi connectivity index (χ0v) is 14.7. The highest BCUT2D eigenvalue weighted by Gasteiger charge is 2.05. The molecule has 1 aromatic carbocycles. The summed E-state index contributed by atoms with van der Waals surface area (Å²) in [6, 6.07) is 11.7. The monoisotopic (exact) mass is 337 g/mol. The highest BCUT2D eigenvalue weighted by atomic mass is 16.5. The molecule has 1 amide bonds. The summed E-state index contributed by atoms with van der Waals surface area (Å²) in [5.74, 6) is 0.845. The molecule has 5 nitrogen and oxygen atoms in total. The van der Waals surface area contributed by atoms with Crippen molar-refractivity contribution in [3.63, 3.8) is 0 Å². The van der Waals surface area contributed by atoms with Gasteiger partial charge >= 0.3 is 0 Å². The molecular formula is C20H23N3O2. The van der Waals surface area contributed by atoms with E-state index in [0.717, 1.165) is 29.1 Å². The van der Waals surface area contributed by atoms with Crippen molar-refractivity contribution in [3.05, 3.63) is 65.6 Å². The van der Waals surface area contributed by atoms with E-state index in [2.05, 4.69) is 23.4 Å². The topological polar surface area (TPSA) is 55.6 Å². The second-order valence-corrected chi connectivity index (χ2v) is 6.06. The third-order valence-corrected chi connectivity index (χ3v) is 3.95. The van der Waals surface area contributed by atoms with Gasteiger partial charge in [0, 0.05) is 25.4 Å². The lowest BCUT2D eigenvalue weighted by molar-refractivity contribution is -0.120. The smallest absolute Gasteiger partial charge is 0.224 e. The molecule has 0 spiro atoms. The summed E-state index contributed by atoms with van der Waals surface area (Å²) in [5.41, 5.74) is 4.08. The van der Waals surface area contributed by atoms with Crippen molar-refractivity contribution < 1.29 is 9.53 Å². The van der Waals surface area contributed by atoms with Crippen LogP contribution in [-0.2, 0) is 17.6 Å². The van der Waals surface area contributed by atoms with Crippen LogP contribution in [-0.4, -0.2) is 28.4 Å². The Morgan fingerprint density at radius 1 is 1.16 bits per heavy atom. The van der Waals surface area contributed by atoms with Crippen molar-refractivity contribution in [3.8, 4) is 5.75 Å². The maximum atomic E-state index is 12.1. The number of aryl methyl sites for hydroxylation is 1. The summed E-state index contributed by atoms with van der Waals surface area (Å²) in [6.07, 6.45) is 5.16. The molecule has 0 saturated heterocycles. The number of carbonyl (C=O) groups excluding carboxylic acids is 1. The average Bonchev–Trinajstić information content (AvgIpc) is 2.98. The molecular weight excluding hydrogens is 314 g/mol. The normalized spacial score (nSPS) is 10.8. The van der Waals surface area contributed by atoms with Gasteiger partial charge in [-0.3, -0.25) is 4.79 Å². The van der Waals surface area contributed by atoms with Gasteiger partial charge in [-0.05, 0) is 43.2 Å². The van der Waals surface area contributed by atoms with Gasteiger partial charge in [0.1, 0.15) is 11.4 Å². The van der Waals surface area contributed by atoms with E-state index >= 15 is 0 Å². The summed E-state index contributed by atoms with van der Waals surface area (Å²) in [5, 5.41) is 2.96. The van der Waals surface area contributed by atoms with Gasteiger partial charge in [0.15, 0.2) is 0 Å². The van der Waals surface area contributed by atoms with E-state index in [0.29, 0.717) is 19.6 Å². The molecule has 3 rings (SSSR count). The van der Waals surface area contributed by atoms with E-state index in [1.807, 2.05) is 53.9 Å². The minimum Gasteiger partial charge on any atom is -0.494 e. The van der Waals surface area contributed by atoms with Crippen LogP contribution in [0.15, 0.2) is 48.8 Å². The fourth-order valence-electron chi connectivity index (χ4n) is 2.72. The number of hydrogen-bond acceptors (Lipinski definition) is 3. The molecule has 25 heavy (non-hydrogen) atoms. The second kappa shape index (κ2) is 7.83. The zero-order valence-electron chi connectivity index (χ0n) is 14.7. The minimum atomic E-state index is 0.0174. The molecule has 0 bridgehead atoms. The van der Waals surface area contributed by atoms with Gasteiger partial charge in [-0.1, -0.05) is 18.2 Å². The van der Waals surface area contributed by atoms with Crippen molar-refractivity contribution >= 4 is 11.6 Å². The number of fused-ring (bicyclic) bond motifs is 1. The van der Waals surface area contributed by atoms with Crippen LogP contribution in [0.25, 0.3) is 5.65 Å². The van der Waals surface area contributed by atoms with E-state index < -0.39 is 0 Å². The number of rotatable bonds is 7. The van der Waals surface area contributed by atoms with Gasteiger partial charge in [-0.2, -0.15) is 0 Å². The van der Waals surface area contributed by atoms with Crippen LogP contribution in [0.4, 0.5) is 0 Å². The van der Waals surface area contributed by atoms with Gasteiger partial charge in [0.05, 0.1) is 18.7 Å². The molecule has 0 saturated carbocycles. The molecule has 0 aliphatic heterocycles. The summed E-state index contributed by atoms with van der Waals surface area (Å²) >= 11 is 0. The second-order valence-electron chi connectivity index (χ2n) is 6.06. The Labute approximate surface area is 147 Å². The Balaban J connectivity index is 1.48. The van der Waals surface area contributed by atoms with E-state index in [1.54, 1.807) is 0 Å². The Kier molecular flexibility index (Phi) is 5.33. The Morgan fingerprint density at radius 2 is 1.96 bits per heavy atom. The molecule has 5 heteroatoms. The molecule has 2 heterocycles. The van der Waals surface area contributed by atoms with Crippen LogP contribution < -0.4 is 10.1 Å². The van der Waals surface area contributed by atoms with Crippen molar-refractivity contribution in [2.24, 2.45) is 0 Å². The van der Waals surface area contributed by atoms with Crippen molar-refractivity contribution in [1.29, 1.82) is 0 Å². The molecule has 0 aliphatic carbocycles. The van der Waals surface area contributed by atoms with Gasteiger partial charge in [0.2, 0.25) is 5.91 Å². The summed E-state index contributed by atoms with van der Waals surface area (Å²) in [4.78, 5) is 16.6. The van der Waals surface area contributed by atoms with Crippen LogP contribution in [0.1, 0.15) is 23.7 Å². The quantitative estimate of drug-likeness (QED) is 0.721. The number of ether oxygens (including phenoxy) is 1. The molecule has 130 valence electrons. The molecule has 2 aromatic heterocycles. The lowest BCUT2D eigenvalue weighted by Crippen LogP contribution is -2.27. The first-order valence-electron chi connectivity index (χ1n) is 8.56. The first kappa shape index (κ1) is 17.0. The fourth-order valence-corrected chi connectivity index (χ4v) is 2.72. The van der Waals surface area contributed by atoms with Gasteiger partial charge in [0.25, 0.3) is 0 Å². The number of carbonyl (C=O) groups is 1. The van der Waals surface area contributed by atoms with Crippen LogP contribution >= 0.6 is 0 Å². The lowest BCUT2D eigenvalue weighted by atomic mass is 10.1. The predicted octanol–water partition coefficient (Wildman–Crippen LogP) is 2.94. The van der Waals surface area contributed by atoms with Gasteiger partial charge < -0.3 is 14.5 Å². The molecule has 0 aliphatic rings. The number of benzene rings is 1. The number of pyridine rings is 1. The van der Waals surface area contributed by atoms with Crippen LogP contribution in [0, 0.1) is 6.92 Å². The van der Waals surface area contributed by atoms with Crippen molar-refractivity contribution in [1.82, 2.24) is 14.7 Å². The standard InChI is InChI=1S/C20H23N3O2/c1-3-25-18-7-5-16(6-8-18)12-20(24)21-11-10-17-14-23-13-15(2)4-9-19(23)22-17/h4-9,13-14H,3,10-12H2,1-2H3,(H,21,24). The molecule has 0 atom stereocenters. The van der Waals surface area contributed by atoms with Crippen molar-refractivity contribution in [2.45, 2.75) is 26.7 Å². The Bertz CT molecular complexity index is 853. The predicted molar refractivity (Wildman–Crippen MR) is 98.0 cm³/mol. The molecule has 0 fully saturated rings. The minimum absolute atomic E-state index is 0.0174. The highest BCUT2D eigenvalue weighted by molar-refractivity contribution is 5.78. The number of aromatic nitrogens is 2. The first-order chi connectivity index (χ1) is 12.1.